The molecule has 1 heterocycles. The lowest BCUT2D eigenvalue weighted by molar-refractivity contribution is 0.247. The highest BCUT2D eigenvalue weighted by Crippen LogP contribution is 2.36. The summed E-state index contributed by atoms with van der Waals surface area (Å²) in [5.74, 6) is -0.209. The quantitative estimate of drug-likeness (QED) is 0.125. The van der Waals surface area contributed by atoms with E-state index in [9.17, 15) is 17.6 Å². The number of rotatable bonds is 12. The molecule has 5 rings (SSSR count). The van der Waals surface area contributed by atoms with Crippen LogP contribution >= 0.6 is 22.9 Å². The third-order valence-corrected chi connectivity index (χ3v) is 8.96. The molecule has 7 nitrogen and oxygen atoms in total. The lowest BCUT2D eigenvalue weighted by Crippen LogP contribution is -2.39. The van der Waals surface area contributed by atoms with E-state index in [2.05, 4.69) is 44.6 Å². The molecule has 4 aromatic carbocycles. The second-order valence-corrected chi connectivity index (χ2v) is 14.0. The van der Waals surface area contributed by atoms with Crippen molar-refractivity contribution in [3.05, 3.63) is 136 Å². The van der Waals surface area contributed by atoms with Crippen LogP contribution in [-0.2, 0) is 16.4 Å². The molecule has 1 atom stereocenters. The van der Waals surface area contributed by atoms with Gasteiger partial charge in [-0.2, -0.15) is 0 Å². The van der Waals surface area contributed by atoms with Gasteiger partial charge in [-0.25, -0.2) is 22.6 Å². The minimum Gasteiger partial charge on any atom is -0.335 e. The minimum atomic E-state index is -3.40. The molecule has 0 radical (unpaired) electrons. The molecule has 0 aliphatic heterocycles. The SMILES string of the molecule is CS(=O)(=O)Nc1ccc(-c2nc(NC(=O)NC(CCC(c3ccccc3)c3ccccc3)Cc3cccc(F)c3)sc2Cl)cc1. The normalized spacial score (nSPS) is 12.1. The van der Waals surface area contributed by atoms with Gasteiger partial charge in [0.05, 0.1) is 6.26 Å². The Bertz CT molecular complexity index is 1800. The van der Waals surface area contributed by atoms with Crippen molar-refractivity contribution in [1.82, 2.24) is 10.3 Å². The first-order valence-electron chi connectivity index (χ1n) is 14.3. The number of thiazole rings is 1. The van der Waals surface area contributed by atoms with Crippen LogP contribution in [0.15, 0.2) is 109 Å². The summed E-state index contributed by atoms with van der Waals surface area (Å²) in [6.45, 7) is 0. The number of hydrogen-bond donors (Lipinski definition) is 3. The van der Waals surface area contributed by atoms with Crippen LogP contribution in [0.3, 0.4) is 0 Å². The molecular weight excluding hydrogens is 631 g/mol. The largest absolute Gasteiger partial charge is 0.335 e. The number of anilines is 2. The predicted molar refractivity (Wildman–Crippen MR) is 181 cm³/mol. The van der Waals surface area contributed by atoms with E-state index in [-0.39, 0.29) is 17.8 Å². The molecular formula is C34H32ClFN4O3S2. The van der Waals surface area contributed by atoms with Crippen LogP contribution < -0.4 is 15.4 Å². The zero-order valence-electron chi connectivity index (χ0n) is 24.4. The number of halogens is 2. The van der Waals surface area contributed by atoms with Gasteiger partial charge >= 0.3 is 6.03 Å². The van der Waals surface area contributed by atoms with Gasteiger partial charge in [-0.1, -0.05) is 108 Å². The van der Waals surface area contributed by atoms with E-state index >= 15 is 0 Å². The Morgan fingerprint density at radius 3 is 2.13 bits per heavy atom. The first-order chi connectivity index (χ1) is 21.6. The van der Waals surface area contributed by atoms with Crippen LogP contribution in [0.2, 0.25) is 4.34 Å². The molecule has 5 aromatic rings. The van der Waals surface area contributed by atoms with E-state index in [1.165, 1.54) is 23.3 Å². The van der Waals surface area contributed by atoms with Gasteiger partial charge in [-0.15, -0.1) is 0 Å². The zero-order valence-corrected chi connectivity index (χ0v) is 26.8. The van der Waals surface area contributed by atoms with E-state index in [0.717, 1.165) is 29.6 Å². The van der Waals surface area contributed by atoms with E-state index in [0.29, 0.717) is 39.3 Å². The molecule has 1 unspecified atom stereocenters. The number of aromatic nitrogens is 1. The van der Waals surface area contributed by atoms with Crippen molar-refractivity contribution in [3.63, 3.8) is 0 Å². The van der Waals surface area contributed by atoms with Gasteiger partial charge in [0.2, 0.25) is 10.0 Å². The summed E-state index contributed by atoms with van der Waals surface area (Å²) >= 11 is 7.59. The summed E-state index contributed by atoms with van der Waals surface area (Å²) in [6.07, 6.45) is 2.91. The van der Waals surface area contributed by atoms with Gasteiger partial charge < -0.3 is 5.32 Å². The molecule has 232 valence electrons. The van der Waals surface area contributed by atoms with Crippen LogP contribution in [-0.4, -0.2) is 31.7 Å². The van der Waals surface area contributed by atoms with Crippen LogP contribution in [0.4, 0.5) is 20.0 Å². The molecule has 0 saturated heterocycles. The molecule has 0 aliphatic rings. The minimum absolute atomic E-state index is 0.117. The molecule has 0 saturated carbocycles. The van der Waals surface area contributed by atoms with Crippen molar-refractivity contribution in [2.24, 2.45) is 0 Å². The first kappa shape index (κ1) is 32.2. The Labute approximate surface area is 271 Å². The fourth-order valence-electron chi connectivity index (χ4n) is 5.20. The summed E-state index contributed by atoms with van der Waals surface area (Å²) in [5, 5.41) is 6.18. The number of nitrogens with zero attached hydrogens (tertiary/aromatic N) is 1. The average molecular weight is 663 g/mol. The summed E-state index contributed by atoms with van der Waals surface area (Å²) in [6, 6.07) is 32.8. The van der Waals surface area contributed by atoms with Crippen molar-refractivity contribution in [3.8, 4) is 11.3 Å². The monoisotopic (exact) mass is 662 g/mol. The fraction of sp³-hybridized carbons (Fsp3) is 0.176. The maximum absolute atomic E-state index is 14.0. The van der Waals surface area contributed by atoms with Crippen LogP contribution in [0.25, 0.3) is 11.3 Å². The third kappa shape index (κ3) is 9.37. The van der Waals surface area contributed by atoms with E-state index < -0.39 is 16.1 Å². The number of hydrogen-bond acceptors (Lipinski definition) is 5. The Morgan fingerprint density at radius 1 is 0.889 bits per heavy atom. The summed E-state index contributed by atoms with van der Waals surface area (Å²) in [5.41, 5.74) is 4.69. The lowest BCUT2D eigenvalue weighted by Gasteiger charge is -2.23. The van der Waals surface area contributed by atoms with Gasteiger partial charge in [0, 0.05) is 23.2 Å². The van der Waals surface area contributed by atoms with Crippen molar-refractivity contribution >= 4 is 49.8 Å². The average Bonchev–Trinajstić information content (AvgIpc) is 3.37. The Kier molecular flexibility index (Phi) is 10.5. The smallest absolute Gasteiger partial charge is 0.321 e. The van der Waals surface area contributed by atoms with Crippen molar-refractivity contribution < 1.29 is 17.6 Å². The number of carbonyl (C=O) groups excluding carboxylic acids is 1. The van der Waals surface area contributed by atoms with Crippen molar-refractivity contribution in [2.45, 2.75) is 31.2 Å². The molecule has 45 heavy (non-hydrogen) atoms. The molecule has 3 N–H and O–H groups in total. The van der Waals surface area contributed by atoms with Gasteiger partial charge in [-0.05, 0) is 60.2 Å². The maximum Gasteiger partial charge on any atom is 0.321 e. The number of amides is 2. The standard InChI is InChI=1S/C34H32ClFN4O3S2/c1-45(42,43)40-28-17-15-26(16-18-28)31-32(35)44-34(38-31)39-33(41)37-29(22-23-9-8-14-27(36)21-23)19-20-30(24-10-4-2-5-11-24)25-12-6-3-7-13-25/h2-18,21,29-30,40H,19-20,22H2,1H3,(H2,37,38,39,41). The Hall–Kier alpha value is -4.25. The summed E-state index contributed by atoms with van der Waals surface area (Å²) in [4.78, 5) is 17.8. The van der Waals surface area contributed by atoms with Crippen LogP contribution in [0.5, 0.6) is 0 Å². The number of nitrogens with one attached hydrogen (secondary N) is 3. The first-order valence-corrected chi connectivity index (χ1v) is 17.4. The highest BCUT2D eigenvalue weighted by Gasteiger charge is 2.21. The van der Waals surface area contributed by atoms with Crippen LogP contribution in [0, 0.1) is 5.82 Å². The molecule has 11 heteroatoms. The number of sulfonamides is 1. The molecule has 2 amide bonds. The van der Waals surface area contributed by atoms with E-state index in [1.807, 2.05) is 42.5 Å². The van der Waals surface area contributed by atoms with Gasteiger partial charge in [0.25, 0.3) is 0 Å². The Morgan fingerprint density at radius 2 is 1.53 bits per heavy atom. The fourth-order valence-corrected chi connectivity index (χ4v) is 6.85. The number of urea groups is 1. The zero-order chi connectivity index (χ0) is 31.8. The molecule has 0 bridgehead atoms. The lowest BCUT2D eigenvalue weighted by atomic mass is 9.85. The number of carbonyl (C=O) groups is 1. The van der Waals surface area contributed by atoms with Crippen LogP contribution in [0.1, 0.15) is 35.4 Å². The molecule has 0 spiro atoms. The van der Waals surface area contributed by atoms with Gasteiger partial charge in [-0.3, -0.25) is 10.0 Å². The van der Waals surface area contributed by atoms with E-state index in [4.69, 9.17) is 11.6 Å². The van der Waals surface area contributed by atoms with Crippen molar-refractivity contribution in [1.29, 1.82) is 0 Å². The highest BCUT2D eigenvalue weighted by atomic mass is 35.5. The van der Waals surface area contributed by atoms with Crippen molar-refractivity contribution in [2.75, 3.05) is 16.3 Å². The highest BCUT2D eigenvalue weighted by molar-refractivity contribution is 7.92. The second-order valence-electron chi connectivity index (χ2n) is 10.7. The number of benzene rings is 4. The van der Waals surface area contributed by atoms with E-state index in [1.54, 1.807) is 30.3 Å². The summed E-state index contributed by atoms with van der Waals surface area (Å²) < 4.78 is 39.9. The van der Waals surface area contributed by atoms with Gasteiger partial charge in [0.15, 0.2) is 5.13 Å². The molecule has 0 fully saturated rings. The molecule has 0 aliphatic carbocycles. The van der Waals surface area contributed by atoms with Gasteiger partial charge in [0.1, 0.15) is 15.8 Å². The topological polar surface area (TPSA) is 100 Å². The maximum atomic E-state index is 14.0. The second kappa shape index (κ2) is 14.7. The predicted octanol–water partition coefficient (Wildman–Crippen LogP) is 8.32. The summed E-state index contributed by atoms with van der Waals surface area (Å²) in [7, 11) is -3.40. The third-order valence-electron chi connectivity index (χ3n) is 7.18. The Balaban J connectivity index is 1.31. The molecule has 1 aromatic heterocycles.